The molecule has 0 fully saturated rings. The van der Waals surface area contributed by atoms with Gasteiger partial charge in [0, 0.05) is 18.7 Å². The predicted octanol–water partition coefficient (Wildman–Crippen LogP) is 0.851. The molecule has 22 heavy (non-hydrogen) atoms. The van der Waals surface area contributed by atoms with Crippen molar-refractivity contribution in [2.45, 2.75) is 33.4 Å². The highest BCUT2D eigenvalue weighted by atomic mass is 16.4. The molecule has 1 aromatic heterocycles. The van der Waals surface area contributed by atoms with Crippen molar-refractivity contribution in [3.63, 3.8) is 0 Å². The van der Waals surface area contributed by atoms with E-state index in [-0.39, 0.29) is 18.3 Å². The minimum Gasteiger partial charge on any atom is -0.480 e. The Labute approximate surface area is 129 Å². The zero-order valence-corrected chi connectivity index (χ0v) is 13.4. The first-order valence-corrected chi connectivity index (χ1v) is 7.18. The predicted molar refractivity (Wildman–Crippen MR) is 80.6 cm³/mol. The lowest BCUT2D eigenvalue weighted by molar-refractivity contribution is -0.140. The number of nitrogens with zero attached hydrogens (tertiary/aromatic N) is 1. The zero-order chi connectivity index (χ0) is 16.9. The lowest BCUT2D eigenvalue weighted by atomic mass is 10.0. The quantitative estimate of drug-likeness (QED) is 0.657. The van der Waals surface area contributed by atoms with E-state index in [0.717, 1.165) is 5.56 Å². The molecule has 0 aliphatic heterocycles. The Morgan fingerprint density at radius 3 is 2.55 bits per heavy atom. The standard InChI is InChI=1S/C15H24N2O5/c1-9(2)13(15(20)21)16-14(19)12-7-11(10(3)22-12)8-17(4)5-6-18/h7,9,13,18H,5-6,8H2,1-4H3,(H,16,19)(H,20,21). The fraction of sp³-hybridized carbons (Fsp3) is 0.600. The third-order valence-electron chi connectivity index (χ3n) is 3.39. The molecular weight excluding hydrogens is 288 g/mol. The number of likely N-dealkylation sites (N-methyl/N-ethyl adjacent to an activating group) is 1. The number of aliphatic carboxylic acids is 1. The average Bonchev–Trinajstić information content (AvgIpc) is 2.76. The molecule has 0 bridgehead atoms. The number of nitrogens with one attached hydrogen (secondary N) is 1. The molecule has 0 aliphatic rings. The maximum atomic E-state index is 12.1. The normalized spacial score (nSPS) is 12.7. The second kappa shape index (κ2) is 7.95. The molecule has 1 heterocycles. The third kappa shape index (κ3) is 4.85. The summed E-state index contributed by atoms with van der Waals surface area (Å²) in [6.45, 7) is 6.30. The number of amides is 1. The molecule has 0 radical (unpaired) electrons. The highest BCUT2D eigenvalue weighted by Gasteiger charge is 2.25. The number of aliphatic hydroxyl groups excluding tert-OH is 1. The number of hydrogen-bond acceptors (Lipinski definition) is 5. The number of aliphatic hydroxyl groups is 1. The van der Waals surface area contributed by atoms with Crippen molar-refractivity contribution in [3.8, 4) is 0 Å². The van der Waals surface area contributed by atoms with E-state index in [9.17, 15) is 9.59 Å². The smallest absolute Gasteiger partial charge is 0.326 e. The van der Waals surface area contributed by atoms with E-state index >= 15 is 0 Å². The molecule has 0 saturated carbocycles. The monoisotopic (exact) mass is 312 g/mol. The minimum atomic E-state index is -1.07. The van der Waals surface area contributed by atoms with Crippen LogP contribution in [0.2, 0.25) is 0 Å². The molecule has 7 heteroatoms. The summed E-state index contributed by atoms with van der Waals surface area (Å²) in [4.78, 5) is 25.1. The van der Waals surface area contributed by atoms with E-state index in [1.54, 1.807) is 26.8 Å². The van der Waals surface area contributed by atoms with Gasteiger partial charge >= 0.3 is 5.97 Å². The van der Waals surface area contributed by atoms with E-state index in [4.69, 9.17) is 14.6 Å². The zero-order valence-electron chi connectivity index (χ0n) is 13.4. The highest BCUT2D eigenvalue weighted by molar-refractivity contribution is 5.94. The first-order chi connectivity index (χ1) is 10.3. The van der Waals surface area contributed by atoms with Crippen LogP contribution in [0.25, 0.3) is 0 Å². The third-order valence-corrected chi connectivity index (χ3v) is 3.39. The van der Waals surface area contributed by atoms with Gasteiger partial charge in [0.25, 0.3) is 5.91 Å². The SMILES string of the molecule is Cc1oc(C(=O)NC(C(=O)O)C(C)C)cc1CN(C)CCO. The van der Waals surface area contributed by atoms with Gasteiger partial charge in [-0.25, -0.2) is 4.79 Å². The Morgan fingerprint density at radius 2 is 2.05 bits per heavy atom. The van der Waals surface area contributed by atoms with Gasteiger partial charge in [-0.05, 0) is 26.0 Å². The molecule has 7 nitrogen and oxygen atoms in total. The molecule has 1 unspecified atom stereocenters. The van der Waals surface area contributed by atoms with Gasteiger partial charge in [0.1, 0.15) is 11.8 Å². The van der Waals surface area contributed by atoms with Crippen LogP contribution in [0, 0.1) is 12.8 Å². The first-order valence-electron chi connectivity index (χ1n) is 7.18. The van der Waals surface area contributed by atoms with Gasteiger partial charge in [-0.15, -0.1) is 0 Å². The summed E-state index contributed by atoms with van der Waals surface area (Å²) in [5.74, 6) is -1.15. The Morgan fingerprint density at radius 1 is 1.41 bits per heavy atom. The Hall–Kier alpha value is -1.86. The van der Waals surface area contributed by atoms with Crippen LogP contribution < -0.4 is 5.32 Å². The van der Waals surface area contributed by atoms with Crippen molar-refractivity contribution in [2.75, 3.05) is 20.2 Å². The van der Waals surface area contributed by atoms with E-state index in [1.807, 2.05) is 11.9 Å². The Kier molecular flexibility index (Phi) is 6.58. The van der Waals surface area contributed by atoms with Crippen LogP contribution in [0.4, 0.5) is 0 Å². The molecule has 1 amide bonds. The van der Waals surface area contributed by atoms with Crippen LogP contribution in [0.15, 0.2) is 10.5 Å². The number of carbonyl (C=O) groups excluding carboxylic acids is 1. The molecule has 0 spiro atoms. The number of aryl methyl sites for hydroxylation is 1. The number of carboxylic acids is 1. The van der Waals surface area contributed by atoms with E-state index in [1.165, 1.54) is 0 Å². The molecule has 1 aromatic rings. The molecule has 0 aromatic carbocycles. The molecule has 124 valence electrons. The van der Waals surface area contributed by atoms with E-state index in [0.29, 0.717) is 18.8 Å². The fourth-order valence-electron chi connectivity index (χ4n) is 2.06. The molecule has 0 aliphatic carbocycles. The van der Waals surface area contributed by atoms with Crippen LogP contribution in [0.1, 0.15) is 35.7 Å². The van der Waals surface area contributed by atoms with Gasteiger partial charge in [-0.3, -0.25) is 9.69 Å². The van der Waals surface area contributed by atoms with Gasteiger partial charge in [0.2, 0.25) is 0 Å². The molecule has 1 rings (SSSR count). The largest absolute Gasteiger partial charge is 0.480 e. The average molecular weight is 312 g/mol. The lowest BCUT2D eigenvalue weighted by Gasteiger charge is -2.16. The number of rotatable bonds is 8. The van der Waals surface area contributed by atoms with Crippen molar-refractivity contribution in [2.24, 2.45) is 5.92 Å². The topological polar surface area (TPSA) is 103 Å². The molecule has 0 saturated heterocycles. The number of carboxylic acid groups (broad SMARTS) is 1. The van der Waals surface area contributed by atoms with Crippen molar-refractivity contribution in [1.82, 2.24) is 10.2 Å². The molecule has 1 atom stereocenters. The number of furan rings is 1. The second-order valence-electron chi connectivity index (χ2n) is 5.69. The fourth-order valence-corrected chi connectivity index (χ4v) is 2.06. The Balaban J connectivity index is 2.81. The number of hydrogen-bond donors (Lipinski definition) is 3. The lowest BCUT2D eigenvalue weighted by Crippen LogP contribution is -2.44. The second-order valence-corrected chi connectivity index (χ2v) is 5.69. The summed E-state index contributed by atoms with van der Waals surface area (Å²) in [5, 5.41) is 20.5. The summed E-state index contributed by atoms with van der Waals surface area (Å²) in [7, 11) is 1.85. The van der Waals surface area contributed by atoms with Crippen molar-refractivity contribution < 1.29 is 24.2 Å². The van der Waals surface area contributed by atoms with Crippen molar-refractivity contribution in [1.29, 1.82) is 0 Å². The van der Waals surface area contributed by atoms with E-state index < -0.39 is 17.9 Å². The maximum absolute atomic E-state index is 12.1. The van der Waals surface area contributed by atoms with Crippen LogP contribution in [-0.4, -0.2) is 53.2 Å². The van der Waals surface area contributed by atoms with E-state index in [2.05, 4.69) is 5.32 Å². The summed E-state index contributed by atoms with van der Waals surface area (Å²) >= 11 is 0. The number of carbonyl (C=O) groups is 2. The molecular formula is C15H24N2O5. The van der Waals surface area contributed by atoms with Crippen LogP contribution >= 0.6 is 0 Å². The summed E-state index contributed by atoms with van der Waals surface area (Å²) < 4.78 is 5.42. The minimum absolute atomic E-state index is 0.0510. The Bertz CT molecular complexity index is 524. The highest BCUT2D eigenvalue weighted by Crippen LogP contribution is 2.17. The first kappa shape index (κ1) is 18.2. The van der Waals surface area contributed by atoms with Crippen molar-refractivity contribution in [3.05, 3.63) is 23.2 Å². The van der Waals surface area contributed by atoms with Gasteiger partial charge in [-0.1, -0.05) is 13.8 Å². The van der Waals surface area contributed by atoms with Crippen LogP contribution in [0.5, 0.6) is 0 Å². The van der Waals surface area contributed by atoms with Crippen molar-refractivity contribution >= 4 is 11.9 Å². The summed E-state index contributed by atoms with van der Waals surface area (Å²) in [6, 6.07) is 0.649. The van der Waals surface area contributed by atoms with Gasteiger partial charge in [0.15, 0.2) is 5.76 Å². The van der Waals surface area contributed by atoms with Crippen LogP contribution in [-0.2, 0) is 11.3 Å². The van der Waals surface area contributed by atoms with Gasteiger partial charge in [0.05, 0.1) is 6.61 Å². The molecule has 3 N–H and O–H groups in total. The van der Waals surface area contributed by atoms with Gasteiger partial charge in [-0.2, -0.15) is 0 Å². The van der Waals surface area contributed by atoms with Gasteiger partial charge < -0.3 is 19.9 Å². The summed E-state index contributed by atoms with van der Waals surface area (Å²) in [6.07, 6.45) is 0. The maximum Gasteiger partial charge on any atom is 0.326 e. The van der Waals surface area contributed by atoms with Crippen LogP contribution in [0.3, 0.4) is 0 Å². The summed E-state index contributed by atoms with van der Waals surface area (Å²) in [5.41, 5.74) is 0.831.